The zero-order chi connectivity index (χ0) is 26.0. The number of nitrogens with two attached hydrogens (primary N) is 1. The summed E-state index contributed by atoms with van der Waals surface area (Å²) >= 11 is 0. The van der Waals surface area contributed by atoms with Crippen LogP contribution in [0.1, 0.15) is 23.2 Å². The van der Waals surface area contributed by atoms with Gasteiger partial charge in [-0.05, 0) is 43.0 Å². The van der Waals surface area contributed by atoms with Crippen LogP contribution >= 0.6 is 0 Å². The molecule has 192 valence electrons. The minimum atomic E-state index is -4.39. The highest BCUT2D eigenvalue weighted by molar-refractivity contribution is 7.91. The van der Waals surface area contributed by atoms with Crippen LogP contribution in [0.15, 0.2) is 64.8 Å². The number of benzene rings is 1. The Labute approximate surface area is 211 Å². The molecule has 1 amide bonds. The lowest BCUT2D eigenvalue weighted by atomic mass is 10.0. The van der Waals surface area contributed by atoms with Gasteiger partial charge in [-0.25, -0.2) is 22.8 Å². The molecule has 0 atom stereocenters. The molecular weight excluding hydrogens is 503 g/mol. The van der Waals surface area contributed by atoms with Crippen molar-refractivity contribution >= 4 is 26.8 Å². The molecule has 1 aromatic carbocycles. The van der Waals surface area contributed by atoms with Gasteiger partial charge < -0.3 is 24.9 Å². The minimum absolute atomic E-state index is 0.167. The summed E-state index contributed by atoms with van der Waals surface area (Å²) in [6.45, 7) is 1.48. The minimum Gasteiger partial charge on any atom is -0.475 e. The van der Waals surface area contributed by atoms with Gasteiger partial charge >= 0.3 is 0 Å². The van der Waals surface area contributed by atoms with E-state index in [-0.39, 0.29) is 40.4 Å². The third kappa shape index (κ3) is 5.11. The monoisotopic (exact) mass is 526 g/mol. The molecule has 1 aliphatic heterocycles. The molecule has 5 rings (SSSR count). The maximum absolute atomic E-state index is 14.8. The lowest BCUT2D eigenvalue weighted by Gasteiger charge is -2.21. The zero-order valence-corrected chi connectivity index (χ0v) is 20.3. The van der Waals surface area contributed by atoms with E-state index in [4.69, 9.17) is 19.9 Å². The number of nitrogens with one attached hydrogen (secondary N) is 1. The number of carbonyl (C=O) groups excluding carboxylic acids is 1. The number of carbonyl (C=O) groups is 1. The van der Waals surface area contributed by atoms with E-state index in [0.717, 1.165) is 25.1 Å². The Bertz CT molecular complexity index is 1570. The van der Waals surface area contributed by atoms with Crippen molar-refractivity contribution < 1.29 is 31.8 Å². The number of pyridine rings is 2. The Hall–Kier alpha value is -4.03. The summed E-state index contributed by atoms with van der Waals surface area (Å²) in [5, 5.41) is 0.709. The Morgan fingerprint density at radius 3 is 2.73 bits per heavy atom. The van der Waals surface area contributed by atoms with Gasteiger partial charge in [0.1, 0.15) is 16.3 Å². The van der Waals surface area contributed by atoms with Crippen molar-refractivity contribution in [1.29, 1.82) is 0 Å². The predicted molar refractivity (Wildman–Crippen MR) is 130 cm³/mol. The van der Waals surface area contributed by atoms with Gasteiger partial charge in [0, 0.05) is 30.9 Å². The lowest BCUT2D eigenvalue weighted by molar-refractivity contribution is 0.0483. The van der Waals surface area contributed by atoms with Crippen LogP contribution in [-0.4, -0.2) is 49.1 Å². The van der Waals surface area contributed by atoms with E-state index < -0.39 is 26.5 Å². The standard InChI is InChI=1S/C25H23FN4O6S/c26-20-11-18(13-30-25(20)35-14-15-5-8-34-9-6-15)37(32,33)21-3-1-2-19(23(27)31)22(21)36-17-10-16-4-7-28-24(16)29-12-17/h1-4,7,10-13,15H,5-6,8-9,14H2,(H2,27,31)(H,28,29). The third-order valence-electron chi connectivity index (χ3n) is 6.02. The number of rotatable bonds is 8. The predicted octanol–water partition coefficient (Wildman–Crippen LogP) is 3.63. The van der Waals surface area contributed by atoms with Gasteiger partial charge in [0.2, 0.25) is 15.7 Å². The number of nitrogens with zero attached hydrogens (tertiary/aromatic N) is 2. The highest BCUT2D eigenvalue weighted by Crippen LogP contribution is 2.36. The van der Waals surface area contributed by atoms with Gasteiger partial charge in [-0.2, -0.15) is 0 Å². The van der Waals surface area contributed by atoms with E-state index in [0.29, 0.717) is 24.2 Å². The fraction of sp³-hybridized carbons (Fsp3) is 0.240. The zero-order valence-electron chi connectivity index (χ0n) is 19.5. The van der Waals surface area contributed by atoms with Crippen molar-refractivity contribution in [1.82, 2.24) is 15.0 Å². The number of ether oxygens (including phenoxy) is 3. The molecule has 10 nitrogen and oxygen atoms in total. The van der Waals surface area contributed by atoms with E-state index in [9.17, 15) is 17.6 Å². The molecule has 0 bridgehead atoms. The fourth-order valence-electron chi connectivity index (χ4n) is 4.02. The number of halogens is 1. The first-order chi connectivity index (χ1) is 17.8. The fourth-order valence-corrected chi connectivity index (χ4v) is 5.38. The number of para-hydroxylation sites is 1. The van der Waals surface area contributed by atoms with E-state index >= 15 is 0 Å². The highest BCUT2D eigenvalue weighted by Gasteiger charge is 2.28. The van der Waals surface area contributed by atoms with Gasteiger partial charge in [0.05, 0.1) is 29.5 Å². The third-order valence-corrected chi connectivity index (χ3v) is 7.76. The molecule has 1 aliphatic rings. The van der Waals surface area contributed by atoms with Crippen LogP contribution in [-0.2, 0) is 14.6 Å². The summed E-state index contributed by atoms with van der Waals surface area (Å²) in [5.74, 6) is -2.04. The van der Waals surface area contributed by atoms with E-state index in [1.54, 1.807) is 18.3 Å². The smallest absolute Gasteiger partial charge is 0.252 e. The molecule has 0 radical (unpaired) electrons. The van der Waals surface area contributed by atoms with Crippen LogP contribution in [0.5, 0.6) is 17.4 Å². The first kappa shape index (κ1) is 24.7. The van der Waals surface area contributed by atoms with Gasteiger partial charge in [0.15, 0.2) is 11.6 Å². The van der Waals surface area contributed by atoms with Crippen molar-refractivity contribution in [3.8, 4) is 17.4 Å². The average molecular weight is 527 g/mol. The number of hydrogen-bond donors (Lipinski definition) is 2. The molecule has 4 aromatic rings. The quantitative estimate of drug-likeness (QED) is 0.354. The number of amides is 1. The van der Waals surface area contributed by atoms with Crippen LogP contribution in [0.3, 0.4) is 0 Å². The molecule has 3 N–H and O–H groups in total. The summed E-state index contributed by atoms with van der Waals surface area (Å²) in [7, 11) is -4.39. The maximum Gasteiger partial charge on any atom is 0.252 e. The van der Waals surface area contributed by atoms with Crippen LogP contribution in [0.2, 0.25) is 0 Å². The van der Waals surface area contributed by atoms with Crippen LogP contribution in [0, 0.1) is 11.7 Å². The van der Waals surface area contributed by atoms with Gasteiger partial charge in [-0.3, -0.25) is 4.79 Å². The van der Waals surface area contributed by atoms with Gasteiger partial charge in [0.25, 0.3) is 5.91 Å². The molecule has 37 heavy (non-hydrogen) atoms. The summed E-state index contributed by atoms with van der Waals surface area (Å²) in [6.07, 6.45) is 5.65. The Morgan fingerprint density at radius 1 is 1.16 bits per heavy atom. The molecule has 12 heteroatoms. The number of aromatic nitrogens is 3. The number of hydrogen-bond acceptors (Lipinski definition) is 8. The first-order valence-corrected chi connectivity index (χ1v) is 13.0. The number of aromatic amines is 1. The highest BCUT2D eigenvalue weighted by atomic mass is 32.2. The second-order valence-corrected chi connectivity index (χ2v) is 10.4. The van der Waals surface area contributed by atoms with Crippen molar-refractivity contribution in [3.63, 3.8) is 0 Å². The topological polar surface area (TPSA) is 146 Å². The summed E-state index contributed by atoms with van der Waals surface area (Å²) < 4.78 is 58.6. The van der Waals surface area contributed by atoms with Crippen LogP contribution in [0.25, 0.3) is 11.0 Å². The second-order valence-electron chi connectivity index (χ2n) is 8.51. The molecule has 0 aliphatic carbocycles. The second kappa shape index (κ2) is 10.1. The van der Waals surface area contributed by atoms with E-state index in [2.05, 4.69) is 15.0 Å². The Balaban J connectivity index is 1.47. The Morgan fingerprint density at radius 2 is 1.97 bits per heavy atom. The summed E-state index contributed by atoms with van der Waals surface area (Å²) in [6, 6.07) is 8.14. The van der Waals surface area contributed by atoms with Crippen molar-refractivity contribution in [3.05, 3.63) is 66.4 Å². The molecular formula is C25H23FN4O6S. The van der Waals surface area contributed by atoms with Crippen molar-refractivity contribution in [2.45, 2.75) is 22.6 Å². The lowest BCUT2D eigenvalue weighted by Crippen LogP contribution is -2.22. The summed E-state index contributed by atoms with van der Waals surface area (Å²) in [5.41, 5.74) is 5.94. The van der Waals surface area contributed by atoms with Crippen molar-refractivity contribution in [2.24, 2.45) is 11.7 Å². The average Bonchev–Trinajstić information content (AvgIpc) is 3.36. The molecule has 3 aromatic heterocycles. The summed E-state index contributed by atoms with van der Waals surface area (Å²) in [4.78, 5) is 22.4. The normalized spacial score (nSPS) is 14.5. The Kier molecular flexibility index (Phi) is 6.76. The molecule has 4 heterocycles. The number of fused-ring (bicyclic) bond motifs is 1. The number of primary amides is 1. The van der Waals surface area contributed by atoms with Crippen LogP contribution < -0.4 is 15.2 Å². The largest absolute Gasteiger partial charge is 0.475 e. The first-order valence-electron chi connectivity index (χ1n) is 11.5. The van der Waals surface area contributed by atoms with Crippen LogP contribution in [0.4, 0.5) is 4.39 Å². The number of sulfone groups is 1. The van der Waals surface area contributed by atoms with Gasteiger partial charge in [-0.15, -0.1) is 0 Å². The molecule has 0 saturated carbocycles. The molecule has 0 unspecified atom stereocenters. The van der Waals surface area contributed by atoms with E-state index in [1.807, 2.05) is 0 Å². The number of H-pyrrole nitrogens is 1. The maximum atomic E-state index is 14.8. The van der Waals surface area contributed by atoms with Gasteiger partial charge in [-0.1, -0.05) is 6.07 Å². The molecule has 1 fully saturated rings. The molecule has 0 spiro atoms. The van der Waals surface area contributed by atoms with E-state index in [1.165, 1.54) is 24.4 Å². The molecule has 1 saturated heterocycles. The SMILES string of the molecule is NC(=O)c1cccc(S(=O)(=O)c2cnc(OCC3CCOCC3)c(F)c2)c1Oc1cnc2[nH]ccc2c1. The van der Waals surface area contributed by atoms with Crippen molar-refractivity contribution in [2.75, 3.05) is 19.8 Å².